The van der Waals surface area contributed by atoms with Crippen molar-refractivity contribution in [2.45, 2.75) is 13.1 Å². The zero-order chi connectivity index (χ0) is 14.7. The van der Waals surface area contributed by atoms with E-state index in [1.54, 1.807) is 11.3 Å². The molecule has 0 spiro atoms. The molecule has 3 rings (SSSR count). The molecule has 1 aliphatic rings. The molecule has 1 fully saturated rings. The average Bonchev–Trinajstić information content (AvgIpc) is 3.18. The molecule has 0 aliphatic carbocycles. The Kier molecular flexibility index (Phi) is 8.46. The van der Waals surface area contributed by atoms with Gasteiger partial charge in [-0.25, -0.2) is 4.98 Å². The van der Waals surface area contributed by atoms with Gasteiger partial charge >= 0.3 is 0 Å². The number of hydrogen-bond acceptors (Lipinski definition) is 6. The summed E-state index contributed by atoms with van der Waals surface area (Å²) in [4.78, 5) is 22.3. The lowest BCUT2D eigenvalue weighted by atomic mass is 10.2. The summed E-state index contributed by atoms with van der Waals surface area (Å²) in [5, 5.41) is 4.73. The Morgan fingerprint density at radius 3 is 2.52 bits per heavy atom. The molecule has 0 radical (unpaired) electrons. The molecule has 0 saturated carbocycles. The number of halogens is 2. The van der Waals surface area contributed by atoms with E-state index in [9.17, 15) is 4.79 Å². The SMILES string of the molecule is Cl.Cl.NCc1nc(C(=O)N2CCN(Cc3cccs3)CC2)cs1. The number of nitrogens with two attached hydrogens (primary N) is 1. The van der Waals surface area contributed by atoms with Crippen LogP contribution >= 0.6 is 47.5 Å². The Balaban J connectivity index is 0.00000132. The fourth-order valence-corrected chi connectivity index (χ4v) is 3.79. The number of rotatable bonds is 4. The van der Waals surface area contributed by atoms with Gasteiger partial charge in [-0.2, -0.15) is 0 Å². The maximum atomic E-state index is 12.4. The molecular formula is C14H20Cl2N4OS2. The third kappa shape index (κ3) is 5.14. The highest BCUT2D eigenvalue weighted by atomic mass is 35.5. The van der Waals surface area contributed by atoms with E-state index in [1.165, 1.54) is 16.2 Å². The molecule has 9 heteroatoms. The first-order chi connectivity index (χ1) is 10.3. The van der Waals surface area contributed by atoms with Crippen LogP contribution in [0.25, 0.3) is 0 Å². The van der Waals surface area contributed by atoms with Gasteiger partial charge in [-0.1, -0.05) is 6.07 Å². The van der Waals surface area contributed by atoms with Crippen LogP contribution in [0.3, 0.4) is 0 Å². The Morgan fingerprint density at radius 1 is 1.22 bits per heavy atom. The first-order valence-electron chi connectivity index (χ1n) is 6.95. The molecule has 23 heavy (non-hydrogen) atoms. The number of carbonyl (C=O) groups is 1. The fraction of sp³-hybridized carbons (Fsp3) is 0.429. The van der Waals surface area contributed by atoms with Gasteiger partial charge in [0.2, 0.25) is 0 Å². The van der Waals surface area contributed by atoms with Crippen molar-refractivity contribution in [3.63, 3.8) is 0 Å². The van der Waals surface area contributed by atoms with Gasteiger partial charge in [0.15, 0.2) is 0 Å². The smallest absolute Gasteiger partial charge is 0.273 e. The summed E-state index contributed by atoms with van der Waals surface area (Å²) in [5.74, 6) is 0.0294. The van der Waals surface area contributed by atoms with Gasteiger partial charge in [-0.3, -0.25) is 9.69 Å². The van der Waals surface area contributed by atoms with Crippen molar-refractivity contribution < 1.29 is 4.79 Å². The van der Waals surface area contributed by atoms with E-state index in [2.05, 4.69) is 27.4 Å². The average molecular weight is 395 g/mol. The van der Waals surface area contributed by atoms with Gasteiger partial charge in [0.1, 0.15) is 10.7 Å². The summed E-state index contributed by atoms with van der Waals surface area (Å²) in [6.07, 6.45) is 0. The molecule has 2 N–H and O–H groups in total. The minimum absolute atomic E-state index is 0. The van der Waals surface area contributed by atoms with Crippen molar-refractivity contribution >= 4 is 53.4 Å². The molecule has 1 amide bonds. The molecule has 1 saturated heterocycles. The fourth-order valence-electron chi connectivity index (χ4n) is 2.40. The standard InChI is InChI=1S/C14H18N4OS2.2ClH/c15-8-13-16-12(10-21-13)14(19)18-5-3-17(4-6-18)9-11-2-1-7-20-11;;/h1-2,7,10H,3-6,8-9,15H2;2*1H. The summed E-state index contributed by atoms with van der Waals surface area (Å²) in [6.45, 7) is 4.73. The lowest BCUT2D eigenvalue weighted by molar-refractivity contribution is 0.0624. The zero-order valence-corrected chi connectivity index (χ0v) is 15.8. The van der Waals surface area contributed by atoms with Crippen LogP contribution in [0.15, 0.2) is 22.9 Å². The highest BCUT2D eigenvalue weighted by Gasteiger charge is 2.23. The molecule has 3 heterocycles. The molecule has 1 aliphatic heterocycles. The number of carbonyl (C=O) groups excluding carboxylic acids is 1. The molecule has 5 nitrogen and oxygen atoms in total. The van der Waals surface area contributed by atoms with E-state index in [0.717, 1.165) is 37.7 Å². The van der Waals surface area contributed by atoms with Crippen LogP contribution in [-0.4, -0.2) is 46.9 Å². The number of nitrogens with zero attached hydrogens (tertiary/aromatic N) is 3. The summed E-state index contributed by atoms with van der Waals surface area (Å²) in [7, 11) is 0. The first-order valence-corrected chi connectivity index (χ1v) is 8.70. The van der Waals surface area contributed by atoms with Crippen LogP contribution in [0.5, 0.6) is 0 Å². The summed E-state index contributed by atoms with van der Waals surface area (Å²) in [6, 6.07) is 4.24. The Hall–Kier alpha value is -0.700. The number of thiophene rings is 1. The van der Waals surface area contributed by atoms with E-state index in [0.29, 0.717) is 12.2 Å². The summed E-state index contributed by atoms with van der Waals surface area (Å²) < 4.78 is 0. The first kappa shape index (κ1) is 20.3. The highest BCUT2D eigenvalue weighted by molar-refractivity contribution is 7.10. The van der Waals surface area contributed by atoms with Gasteiger partial charge in [-0.15, -0.1) is 47.5 Å². The molecule has 2 aromatic heterocycles. The van der Waals surface area contributed by atoms with Gasteiger partial charge in [0, 0.05) is 49.5 Å². The second-order valence-corrected chi connectivity index (χ2v) is 6.95. The van der Waals surface area contributed by atoms with Crippen molar-refractivity contribution in [3.05, 3.63) is 38.5 Å². The summed E-state index contributed by atoms with van der Waals surface area (Å²) in [5.41, 5.74) is 6.08. The van der Waals surface area contributed by atoms with E-state index in [-0.39, 0.29) is 30.7 Å². The number of thiazole rings is 1. The van der Waals surface area contributed by atoms with Crippen LogP contribution in [0.1, 0.15) is 20.4 Å². The van der Waals surface area contributed by atoms with Crippen LogP contribution in [0, 0.1) is 0 Å². The predicted octanol–water partition coefficient (Wildman–Crippen LogP) is 2.46. The normalized spacial score (nSPS) is 14.9. The summed E-state index contributed by atoms with van der Waals surface area (Å²) >= 11 is 3.24. The minimum Gasteiger partial charge on any atom is -0.335 e. The van der Waals surface area contributed by atoms with Crippen LogP contribution < -0.4 is 5.73 Å². The minimum atomic E-state index is 0. The zero-order valence-electron chi connectivity index (χ0n) is 12.5. The molecule has 0 unspecified atom stereocenters. The lowest BCUT2D eigenvalue weighted by Crippen LogP contribution is -2.48. The third-order valence-corrected chi connectivity index (χ3v) is 5.30. The van der Waals surface area contributed by atoms with Crippen molar-refractivity contribution in [2.24, 2.45) is 5.73 Å². The number of piperazine rings is 1. The van der Waals surface area contributed by atoms with Crippen molar-refractivity contribution in [1.29, 1.82) is 0 Å². The van der Waals surface area contributed by atoms with E-state index >= 15 is 0 Å². The Bertz CT molecular complexity index is 598. The molecular weight excluding hydrogens is 375 g/mol. The van der Waals surface area contributed by atoms with Gasteiger partial charge < -0.3 is 10.6 Å². The molecule has 2 aromatic rings. The third-order valence-electron chi connectivity index (χ3n) is 3.56. The van der Waals surface area contributed by atoms with Gasteiger partial charge in [-0.05, 0) is 11.4 Å². The lowest BCUT2D eigenvalue weighted by Gasteiger charge is -2.34. The molecule has 0 bridgehead atoms. The highest BCUT2D eigenvalue weighted by Crippen LogP contribution is 2.16. The number of hydrogen-bond donors (Lipinski definition) is 1. The van der Waals surface area contributed by atoms with E-state index in [4.69, 9.17) is 5.73 Å². The topological polar surface area (TPSA) is 62.5 Å². The maximum Gasteiger partial charge on any atom is 0.273 e. The quantitative estimate of drug-likeness (QED) is 0.864. The second kappa shape index (κ2) is 9.56. The number of amides is 1. The predicted molar refractivity (Wildman–Crippen MR) is 100 cm³/mol. The van der Waals surface area contributed by atoms with Crippen molar-refractivity contribution in [1.82, 2.24) is 14.8 Å². The van der Waals surface area contributed by atoms with Crippen molar-refractivity contribution in [3.8, 4) is 0 Å². The maximum absolute atomic E-state index is 12.4. The molecule has 0 atom stereocenters. The number of aromatic nitrogens is 1. The van der Waals surface area contributed by atoms with Gasteiger partial charge in [0.25, 0.3) is 5.91 Å². The van der Waals surface area contributed by atoms with Crippen molar-refractivity contribution in [2.75, 3.05) is 26.2 Å². The Labute approximate surface area is 156 Å². The van der Waals surface area contributed by atoms with E-state index < -0.39 is 0 Å². The van der Waals surface area contributed by atoms with Gasteiger partial charge in [0.05, 0.1) is 0 Å². The molecule has 128 valence electrons. The Morgan fingerprint density at radius 2 is 1.96 bits per heavy atom. The van der Waals surface area contributed by atoms with E-state index in [1.807, 2.05) is 10.3 Å². The van der Waals surface area contributed by atoms with Crippen LogP contribution in [0.2, 0.25) is 0 Å². The van der Waals surface area contributed by atoms with Crippen LogP contribution in [-0.2, 0) is 13.1 Å². The largest absolute Gasteiger partial charge is 0.335 e. The second-order valence-electron chi connectivity index (χ2n) is 4.98. The van der Waals surface area contributed by atoms with Crippen LogP contribution in [0.4, 0.5) is 0 Å². The molecule has 0 aromatic carbocycles. The monoisotopic (exact) mass is 394 g/mol.